The monoisotopic (exact) mass is 362 g/mol. The molecule has 1 fully saturated rings. The summed E-state index contributed by atoms with van der Waals surface area (Å²) in [5.41, 5.74) is 1.14. The normalized spacial score (nSPS) is 14.7. The fraction of sp³-hybridized carbons (Fsp3) is 0.353. The second-order valence-electron chi connectivity index (χ2n) is 5.54. The van der Waals surface area contributed by atoms with Crippen LogP contribution in [0.3, 0.4) is 0 Å². The number of amides is 1. The SMILES string of the molecule is O=C(CSCc1cccc(Cl)c1)N1CCN(c2ncccn2)CC1. The molecule has 0 saturated carbocycles. The lowest BCUT2D eigenvalue weighted by Gasteiger charge is -2.34. The molecule has 126 valence electrons. The molecule has 1 saturated heterocycles. The fourth-order valence-corrected chi connectivity index (χ4v) is 3.67. The van der Waals surface area contributed by atoms with E-state index in [2.05, 4.69) is 14.9 Å². The van der Waals surface area contributed by atoms with Crippen LogP contribution in [0.4, 0.5) is 5.95 Å². The summed E-state index contributed by atoms with van der Waals surface area (Å²) in [6.45, 7) is 2.98. The zero-order valence-corrected chi connectivity index (χ0v) is 14.8. The third-order valence-corrected chi connectivity index (χ3v) is 5.07. The first kappa shape index (κ1) is 17.0. The molecule has 1 aromatic carbocycles. The van der Waals surface area contributed by atoms with E-state index >= 15 is 0 Å². The fourth-order valence-electron chi connectivity index (χ4n) is 2.58. The van der Waals surface area contributed by atoms with Crippen molar-refractivity contribution in [3.8, 4) is 0 Å². The number of benzene rings is 1. The van der Waals surface area contributed by atoms with Gasteiger partial charge in [-0.2, -0.15) is 0 Å². The molecule has 5 nitrogen and oxygen atoms in total. The average molecular weight is 363 g/mol. The van der Waals surface area contributed by atoms with Crippen LogP contribution >= 0.6 is 23.4 Å². The number of rotatable bonds is 5. The van der Waals surface area contributed by atoms with Gasteiger partial charge in [0.15, 0.2) is 0 Å². The molecule has 0 bridgehead atoms. The van der Waals surface area contributed by atoms with E-state index in [4.69, 9.17) is 11.6 Å². The molecule has 3 rings (SSSR count). The lowest BCUT2D eigenvalue weighted by molar-refractivity contribution is -0.128. The van der Waals surface area contributed by atoms with Gasteiger partial charge in [-0.15, -0.1) is 11.8 Å². The summed E-state index contributed by atoms with van der Waals surface area (Å²) in [6.07, 6.45) is 3.48. The minimum absolute atomic E-state index is 0.190. The summed E-state index contributed by atoms with van der Waals surface area (Å²) in [4.78, 5) is 24.9. The first-order valence-corrected chi connectivity index (χ1v) is 9.37. The van der Waals surface area contributed by atoms with Gasteiger partial charge in [0.05, 0.1) is 5.75 Å². The number of aromatic nitrogens is 2. The van der Waals surface area contributed by atoms with Crippen molar-refractivity contribution in [2.24, 2.45) is 0 Å². The molecule has 1 aliphatic rings. The molecule has 1 aliphatic heterocycles. The zero-order chi connectivity index (χ0) is 16.8. The van der Waals surface area contributed by atoms with E-state index in [1.165, 1.54) is 0 Å². The summed E-state index contributed by atoms with van der Waals surface area (Å²) in [6, 6.07) is 9.57. The first-order chi connectivity index (χ1) is 11.7. The number of hydrogen-bond donors (Lipinski definition) is 0. The van der Waals surface area contributed by atoms with Crippen molar-refractivity contribution in [3.05, 3.63) is 53.3 Å². The van der Waals surface area contributed by atoms with Gasteiger partial charge >= 0.3 is 0 Å². The molecular formula is C17H19ClN4OS. The molecule has 0 spiro atoms. The van der Waals surface area contributed by atoms with Gasteiger partial charge in [-0.3, -0.25) is 4.79 Å². The van der Waals surface area contributed by atoms with Crippen LogP contribution in [-0.2, 0) is 10.5 Å². The Morgan fingerprint density at radius 2 is 1.88 bits per heavy atom. The van der Waals surface area contributed by atoms with Gasteiger partial charge < -0.3 is 9.80 Å². The lowest BCUT2D eigenvalue weighted by atomic mass is 10.2. The van der Waals surface area contributed by atoms with Crippen LogP contribution in [-0.4, -0.2) is 52.7 Å². The molecule has 0 aliphatic carbocycles. The Balaban J connectivity index is 1.42. The Bertz CT molecular complexity index is 677. The Labute approximate surface area is 151 Å². The topological polar surface area (TPSA) is 49.3 Å². The highest BCUT2D eigenvalue weighted by atomic mass is 35.5. The van der Waals surface area contributed by atoms with Crippen LogP contribution in [0, 0.1) is 0 Å². The van der Waals surface area contributed by atoms with Crippen LogP contribution in [0.25, 0.3) is 0 Å². The third kappa shape index (κ3) is 4.61. The highest BCUT2D eigenvalue weighted by Gasteiger charge is 2.22. The molecule has 0 radical (unpaired) electrons. The first-order valence-electron chi connectivity index (χ1n) is 7.84. The number of anilines is 1. The van der Waals surface area contributed by atoms with Crippen LogP contribution in [0.15, 0.2) is 42.7 Å². The maximum Gasteiger partial charge on any atom is 0.232 e. The maximum atomic E-state index is 12.3. The Morgan fingerprint density at radius 3 is 2.58 bits per heavy atom. The Hall–Kier alpha value is -1.79. The van der Waals surface area contributed by atoms with Crippen molar-refractivity contribution in [3.63, 3.8) is 0 Å². The predicted octanol–water partition coefficient (Wildman–Crippen LogP) is 2.71. The molecule has 0 atom stereocenters. The molecule has 0 unspecified atom stereocenters. The van der Waals surface area contributed by atoms with E-state index in [9.17, 15) is 4.79 Å². The molecule has 7 heteroatoms. The van der Waals surface area contributed by atoms with Crippen LogP contribution in [0.1, 0.15) is 5.56 Å². The summed E-state index contributed by atoms with van der Waals surface area (Å²) in [5.74, 6) is 2.22. The number of carbonyl (C=O) groups is 1. The van der Waals surface area contributed by atoms with Crippen molar-refractivity contribution in [2.45, 2.75) is 5.75 Å². The van der Waals surface area contributed by atoms with Crippen molar-refractivity contribution >= 4 is 35.2 Å². The van der Waals surface area contributed by atoms with E-state index in [0.29, 0.717) is 5.75 Å². The van der Waals surface area contributed by atoms with E-state index in [-0.39, 0.29) is 5.91 Å². The minimum atomic E-state index is 0.190. The smallest absolute Gasteiger partial charge is 0.232 e. The molecule has 2 aromatic rings. The van der Waals surface area contributed by atoms with Gasteiger partial charge in [0.1, 0.15) is 0 Å². The Morgan fingerprint density at radius 1 is 1.12 bits per heavy atom. The highest BCUT2D eigenvalue weighted by molar-refractivity contribution is 7.99. The van der Waals surface area contributed by atoms with Gasteiger partial charge in [0.25, 0.3) is 0 Å². The lowest BCUT2D eigenvalue weighted by Crippen LogP contribution is -2.49. The second-order valence-corrected chi connectivity index (χ2v) is 6.96. The highest BCUT2D eigenvalue weighted by Crippen LogP contribution is 2.17. The second kappa shape index (κ2) is 8.35. The number of carbonyl (C=O) groups excluding carboxylic acids is 1. The Kier molecular flexibility index (Phi) is 5.93. The van der Waals surface area contributed by atoms with E-state index < -0.39 is 0 Å². The number of hydrogen-bond acceptors (Lipinski definition) is 5. The number of piperazine rings is 1. The summed E-state index contributed by atoms with van der Waals surface area (Å²) < 4.78 is 0. The van der Waals surface area contributed by atoms with E-state index in [1.807, 2.05) is 29.2 Å². The van der Waals surface area contributed by atoms with Crippen molar-refractivity contribution < 1.29 is 4.79 Å². The van der Waals surface area contributed by atoms with E-state index in [0.717, 1.165) is 48.5 Å². The minimum Gasteiger partial charge on any atom is -0.338 e. The number of thioether (sulfide) groups is 1. The molecule has 1 aromatic heterocycles. The predicted molar refractivity (Wildman–Crippen MR) is 98.4 cm³/mol. The average Bonchev–Trinajstić information content (AvgIpc) is 2.63. The van der Waals surface area contributed by atoms with Crippen molar-refractivity contribution in [2.75, 3.05) is 36.8 Å². The maximum absolute atomic E-state index is 12.3. The molecule has 1 amide bonds. The molecule has 2 heterocycles. The molecule has 0 N–H and O–H groups in total. The van der Waals surface area contributed by atoms with Gasteiger partial charge in [0, 0.05) is 49.3 Å². The van der Waals surface area contributed by atoms with Crippen molar-refractivity contribution in [1.82, 2.24) is 14.9 Å². The van der Waals surface area contributed by atoms with Gasteiger partial charge in [-0.1, -0.05) is 23.7 Å². The third-order valence-electron chi connectivity index (χ3n) is 3.85. The van der Waals surface area contributed by atoms with Crippen LogP contribution in [0.5, 0.6) is 0 Å². The number of nitrogens with zero attached hydrogens (tertiary/aromatic N) is 4. The largest absolute Gasteiger partial charge is 0.338 e. The standard InChI is InChI=1S/C17H19ClN4OS/c18-15-4-1-3-14(11-15)12-24-13-16(23)21-7-9-22(10-8-21)17-19-5-2-6-20-17/h1-6,11H,7-10,12-13H2. The summed E-state index contributed by atoms with van der Waals surface area (Å²) in [5, 5.41) is 0.735. The zero-order valence-electron chi connectivity index (χ0n) is 13.3. The quantitative estimate of drug-likeness (QED) is 0.818. The van der Waals surface area contributed by atoms with Crippen molar-refractivity contribution in [1.29, 1.82) is 0 Å². The van der Waals surface area contributed by atoms with Gasteiger partial charge in [0.2, 0.25) is 11.9 Å². The number of halogens is 1. The van der Waals surface area contributed by atoms with Gasteiger partial charge in [-0.05, 0) is 23.8 Å². The summed E-state index contributed by atoms with van der Waals surface area (Å²) in [7, 11) is 0. The van der Waals surface area contributed by atoms with Crippen LogP contribution in [0.2, 0.25) is 5.02 Å². The van der Waals surface area contributed by atoms with Crippen LogP contribution < -0.4 is 4.90 Å². The van der Waals surface area contributed by atoms with Gasteiger partial charge in [-0.25, -0.2) is 9.97 Å². The van der Waals surface area contributed by atoms with E-state index in [1.54, 1.807) is 30.2 Å². The molecular weight excluding hydrogens is 344 g/mol. The summed E-state index contributed by atoms with van der Waals surface area (Å²) >= 11 is 7.60. The molecule has 24 heavy (non-hydrogen) atoms.